The molecule has 1 heterocycles. The van der Waals surface area contributed by atoms with Crippen LogP contribution in [-0.2, 0) is 22.4 Å². The number of benzene rings is 1. The van der Waals surface area contributed by atoms with E-state index in [4.69, 9.17) is 4.74 Å². The summed E-state index contributed by atoms with van der Waals surface area (Å²) in [6.45, 7) is 1.98. The van der Waals surface area contributed by atoms with Gasteiger partial charge in [0.2, 0.25) is 5.91 Å². The SMILES string of the molecule is CCOC(=O)c1ccccc1NC(=O)CSc1nc2c(c(=O)[nH]1)CCCC2. The lowest BCUT2D eigenvalue weighted by atomic mass is 9.97. The number of aromatic nitrogens is 2. The first kappa shape index (κ1) is 19.2. The van der Waals surface area contributed by atoms with Crippen molar-refractivity contribution < 1.29 is 14.3 Å². The highest BCUT2D eigenvalue weighted by Crippen LogP contribution is 2.20. The molecule has 0 spiro atoms. The van der Waals surface area contributed by atoms with Crippen molar-refractivity contribution in [2.45, 2.75) is 37.8 Å². The molecule has 1 aliphatic carbocycles. The smallest absolute Gasteiger partial charge is 0.340 e. The van der Waals surface area contributed by atoms with Crippen molar-refractivity contribution in [3.8, 4) is 0 Å². The topological polar surface area (TPSA) is 101 Å². The van der Waals surface area contributed by atoms with Gasteiger partial charge in [-0.2, -0.15) is 0 Å². The number of rotatable bonds is 6. The molecule has 0 fully saturated rings. The molecule has 142 valence electrons. The molecule has 8 heteroatoms. The average molecular weight is 387 g/mol. The number of aryl methyl sites for hydroxylation is 1. The number of aromatic amines is 1. The zero-order valence-electron chi connectivity index (χ0n) is 15.0. The number of thioether (sulfide) groups is 1. The lowest BCUT2D eigenvalue weighted by Crippen LogP contribution is -2.22. The fourth-order valence-corrected chi connectivity index (χ4v) is 3.63. The summed E-state index contributed by atoms with van der Waals surface area (Å²) in [7, 11) is 0. The van der Waals surface area contributed by atoms with Gasteiger partial charge in [-0.15, -0.1) is 0 Å². The first-order valence-corrected chi connectivity index (χ1v) is 9.88. The van der Waals surface area contributed by atoms with E-state index in [2.05, 4.69) is 15.3 Å². The Morgan fingerprint density at radius 3 is 2.85 bits per heavy atom. The van der Waals surface area contributed by atoms with E-state index >= 15 is 0 Å². The summed E-state index contributed by atoms with van der Waals surface area (Å²) in [6, 6.07) is 6.68. The van der Waals surface area contributed by atoms with Crippen molar-refractivity contribution >= 4 is 29.3 Å². The molecule has 7 nitrogen and oxygen atoms in total. The molecular formula is C19H21N3O4S. The molecule has 0 unspecified atom stereocenters. The van der Waals surface area contributed by atoms with Crippen molar-refractivity contribution in [2.24, 2.45) is 0 Å². The number of para-hydroxylation sites is 1. The molecular weight excluding hydrogens is 366 g/mol. The van der Waals surface area contributed by atoms with Gasteiger partial charge in [-0.1, -0.05) is 23.9 Å². The Bertz CT molecular complexity index is 910. The number of carbonyl (C=O) groups excluding carboxylic acids is 2. The van der Waals surface area contributed by atoms with Crippen molar-refractivity contribution in [2.75, 3.05) is 17.7 Å². The maximum Gasteiger partial charge on any atom is 0.340 e. The number of anilines is 1. The van der Waals surface area contributed by atoms with Gasteiger partial charge in [-0.3, -0.25) is 9.59 Å². The normalized spacial score (nSPS) is 12.9. The van der Waals surface area contributed by atoms with Crippen LogP contribution in [0.5, 0.6) is 0 Å². The highest BCUT2D eigenvalue weighted by atomic mass is 32.2. The largest absolute Gasteiger partial charge is 0.462 e. The van der Waals surface area contributed by atoms with E-state index < -0.39 is 5.97 Å². The Morgan fingerprint density at radius 2 is 2.04 bits per heavy atom. The monoisotopic (exact) mass is 387 g/mol. The molecule has 0 radical (unpaired) electrons. The van der Waals surface area contributed by atoms with Gasteiger partial charge in [-0.25, -0.2) is 9.78 Å². The Labute approximate surface area is 160 Å². The summed E-state index contributed by atoms with van der Waals surface area (Å²) < 4.78 is 5.00. The maximum absolute atomic E-state index is 12.3. The van der Waals surface area contributed by atoms with Crippen LogP contribution >= 0.6 is 11.8 Å². The van der Waals surface area contributed by atoms with Crippen molar-refractivity contribution in [3.63, 3.8) is 0 Å². The Kier molecular flexibility index (Phi) is 6.28. The van der Waals surface area contributed by atoms with E-state index in [1.807, 2.05) is 0 Å². The molecule has 1 aromatic carbocycles. The van der Waals surface area contributed by atoms with Gasteiger partial charge < -0.3 is 15.0 Å². The van der Waals surface area contributed by atoms with E-state index in [0.29, 0.717) is 16.4 Å². The van der Waals surface area contributed by atoms with Crippen molar-refractivity contribution in [1.29, 1.82) is 0 Å². The number of H-pyrrole nitrogens is 1. The number of nitrogens with zero attached hydrogens (tertiary/aromatic N) is 1. The second kappa shape index (κ2) is 8.85. The standard InChI is InChI=1S/C19H21N3O4S/c1-2-26-18(25)13-8-4-6-10-15(13)20-16(23)11-27-19-21-14-9-5-3-7-12(14)17(24)22-19/h4,6,8,10H,2-3,5,7,9,11H2,1H3,(H,20,23)(H,21,22,24). The van der Waals surface area contributed by atoms with Crippen molar-refractivity contribution in [3.05, 3.63) is 51.4 Å². The first-order valence-electron chi connectivity index (χ1n) is 8.89. The van der Waals surface area contributed by atoms with Crippen LogP contribution in [0, 0.1) is 0 Å². The molecule has 3 rings (SSSR count). The molecule has 0 saturated heterocycles. The number of carbonyl (C=O) groups is 2. The van der Waals surface area contributed by atoms with Crippen LogP contribution in [0.3, 0.4) is 0 Å². The van der Waals surface area contributed by atoms with Gasteiger partial charge in [-0.05, 0) is 44.7 Å². The molecule has 1 aromatic heterocycles. The van der Waals surface area contributed by atoms with Gasteiger partial charge in [0.15, 0.2) is 5.16 Å². The highest BCUT2D eigenvalue weighted by Gasteiger charge is 2.17. The number of ether oxygens (including phenoxy) is 1. The van der Waals surface area contributed by atoms with Crippen LogP contribution in [0.1, 0.15) is 41.4 Å². The molecule has 2 aromatic rings. The van der Waals surface area contributed by atoms with Gasteiger partial charge in [0.1, 0.15) is 0 Å². The Morgan fingerprint density at radius 1 is 1.26 bits per heavy atom. The van der Waals surface area contributed by atoms with Crippen molar-refractivity contribution in [1.82, 2.24) is 9.97 Å². The van der Waals surface area contributed by atoms with Gasteiger partial charge in [0, 0.05) is 5.56 Å². The second-order valence-electron chi connectivity index (χ2n) is 6.11. The average Bonchev–Trinajstić information content (AvgIpc) is 2.67. The minimum absolute atomic E-state index is 0.0683. The fourth-order valence-electron chi connectivity index (χ4n) is 2.95. The summed E-state index contributed by atoms with van der Waals surface area (Å²) in [5.74, 6) is -0.710. The molecule has 0 aliphatic heterocycles. The molecule has 0 atom stereocenters. The molecule has 1 aliphatic rings. The van der Waals surface area contributed by atoms with Crippen LogP contribution in [-0.4, -0.2) is 34.2 Å². The Balaban J connectivity index is 1.65. The van der Waals surface area contributed by atoms with E-state index in [0.717, 1.165) is 48.7 Å². The molecule has 1 amide bonds. The number of nitrogens with one attached hydrogen (secondary N) is 2. The number of hydrogen-bond donors (Lipinski definition) is 2. The molecule has 27 heavy (non-hydrogen) atoms. The van der Waals surface area contributed by atoms with Gasteiger partial charge >= 0.3 is 5.97 Å². The lowest BCUT2D eigenvalue weighted by Gasteiger charge is -2.14. The third-order valence-electron chi connectivity index (χ3n) is 4.21. The maximum atomic E-state index is 12.3. The van der Waals surface area contributed by atoms with Gasteiger partial charge in [0.05, 0.1) is 29.3 Å². The summed E-state index contributed by atoms with van der Waals surface area (Å²) in [5, 5.41) is 3.16. The van der Waals surface area contributed by atoms with Crippen LogP contribution in [0.4, 0.5) is 5.69 Å². The van der Waals surface area contributed by atoms with E-state index in [1.54, 1.807) is 31.2 Å². The first-order chi connectivity index (χ1) is 13.1. The van der Waals surface area contributed by atoms with Crippen LogP contribution in [0.15, 0.2) is 34.2 Å². The van der Waals surface area contributed by atoms with E-state index in [1.165, 1.54) is 0 Å². The predicted molar refractivity (Wildman–Crippen MR) is 103 cm³/mol. The molecule has 0 bridgehead atoms. The van der Waals surface area contributed by atoms with Crippen LogP contribution in [0.2, 0.25) is 0 Å². The second-order valence-corrected chi connectivity index (χ2v) is 7.07. The van der Waals surface area contributed by atoms with Crippen LogP contribution < -0.4 is 10.9 Å². The zero-order valence-corrected chi connectivity index (χ0v) is 15.9. The number of hydrogen-bond acceptors (Lipinski definition) is 6. The quantitative estimate of drug-likeness (QED) is 0.449. The number of fused-ring (bicyclic) bond motifs is 1. The minimum Gasteiger partial charge on any atom is -0.462 e. The fraction of sp³-hybridized carbons (Fsp3) is 0.368. The van der Waals surface area contributed by atoms with Gasteiger partial charge in [0.25, 0.3) is 5.56 Å². The molecule has 2 N–H and O–H groups in total. The summed E-state index contributed by atoms with van der Waals surface area (Å²) in [4.78, 5) is 43.6. The number of esters is 1. The molecule has 0 saturated carbocycles. The minimum atomic E-state index is -0.485. The lowest BCUT2D eigenvalue weighted by molar-refractivity contribution is -0.113. The highest BCUT2D eigenvalue weighted by molar-refractivity contribution is 7.99. The summed E-state index contributed by atoms with van der Waals surface area (Å²) in [5.41, 5.74) is 2.18. The third-order valence-corrected chi connectivity index (χ3v) is 5.08. The third kappa shape index (κ3) is 4.77. The number of amides is 1. The summed E-state index contributed by atoms with van der Waals surface area (Å²) in [6.07, 6.45) is 3.59. The zero-order chi connectivity index (χ0) is 19.2. The summed E-state index contributed by atoms with van der Waals surface area (Å²) >= 11 is 1.16. The van der Waals surface area contributed by atoms with E-state index in [-0.39, 0.29) is 23.8 Å². The predicted octanol–water partition coefficient (Wildman–Crippen LogP) is 2.56. The van der Waals surface area contributed by atoms with E-state index in [9.17, 15) is 14.4 Å². The van der Waals surface area contributed by atoms with Crippen LogP contribution in [0.25, 0.3) is 0 Å². The Hall–Kier alpha value is -2.61.